The number of carbonyl (C=O) groups is 1. The zero-order valence-electron chi connectivity index (χ0n) is 10.1. The number of Topliss-reactive ketones (excluding diaryl/α,β-unsaturated/α-hetero) is 1. The molecular weight excluding hydrogens is 326 g/mol. The maximum Gasteiger partial charge on any atom is 0.198 e. The fraction of sp³-hybridized carbons (Fsp3) is 0.143. The van der Waals surface area contributed by atoms with E-state index >= 15 is 0 Å². The lowest BCUT2D eigenvalue weighted by Gasteiger charge is -2.09. The van der Waals surface area contributed by atoms with Gasteiger partial charge in [-0.25, -0.2) is 0 Å². The first-order chi connectivity index (χ1) is 9.17. The third kappa shape index (κ3) is 2.86. The maximum absolute atomic E-state index is 12.4. The van der Waals surface area contributed by atoms with Crippen LogP contribution in [0, 0.1) is 11.3 Å². The van der Waals surface area contributed by atoms with Crippen LogP contribution in [0.4, 0.5) is 0 Å². The van der Waals surface area contributed by atoms with Gasteiger partial charge in [-0.05, 0) is 29.1 Å². The van der Waals surface area contributed by atoms with Crippen LogP contribution in [-0.4, -0.2) is 12.9 Å². The zero-order chi connectivity index (χ0) is 13.8. The number of methoxy groups -OCH3 is 1. The van der Waals surface area contributed by atoms with Gasteiger partial charge in [0.25, 0.3) is 0 Å². The number of nitrogens with zero attached hydrogens (tertiary/aromatic N) is 1. The Morgan fingerprint density at radius 3 is 2.89 bits per heavy atom. The van der Waals surface area contributed by atoms with Crippen LogP contribution in [0.1, 0.15) is 21.2 Å². The average Bonchev–Trinajstić information content (AvgIpc) is 2.87. The number of hydrogen-bond acceptors (Lipinski definition) is 4. The van der Waals surface area contributed by atoms with Gasteiger partial charge in [0, 0.05) is 4.47 Å². The lowest BCUT2D eigenvalue weighted by atomic mass is 9.95. The summed E-state index contributed by atoms with van der Waals surface area (Å²) in [6.45, 7) is 0. The monoisotopic (exact) mass is 335 g/mol. The van der Waals surface area contributed by atoms with Crippen molar-refractivity contribution in [1.82, 2.24) is 0 Å². The first kappa shape index (κ1) is 13.8. The van der Waals surface area contributed by atoms with Crippen LogP contribution >= 0.6 is 27.3 Å². The van der Waals surface area contributed by atoms with Gasteiger partial charge in [-0.1, -0.05) is 28.1 Å². The fourth-order valence-corrected chi connectivity index (χ4v) is 2.99. The molecule has 96 valence electrons. The second kappa shape index (κ2) is 6.00. The van der Waals surface area contributed by atoms with E-state index in [9.17, 15) is 10.1 Å². The standard InChI is InChI=1S/C14H10BrNO2S/c1-18-12-5-6-19-14(12)13(17)11(8-16)9-3-2-4-10(15)7-9/h2-7,11H,1H3. The molecule has 3 nitrogen and oxygen atoms in total. The summed E-state index contributed by atoms with van der Waals surface area (Å²) in [6.07, 6.45) is 0. The number of hydrogen-bond donors (Lipinski definition) is 0. The number of thiophene rings is 1. The summed E-state index contributed by atoms with van der Waals surface area (Å²) in [5.74, 6) is -0.525. The lowest BCUT2D eigenvalue weighted by Crippen LogP contribution is -2.10. The van der Waals surface area contributed by atoms with E-state index in [-0.39, 0.29) is 5.78 Å². The number of halogens is 1. The summed E-state index contributed by atoms with van der Waals surface area (Å²) < 4.78 is 5.98. The Bertz CT molecular complexity index is 645. The third-order valence-corrected chi connectivity index (χ3v) is 4.05. The second-order valence-corrected chi connectivity index (χ2v) is 5.63. The number of ketones is 1. The van der Waals surface area contributed by atoms with Crippen molar-refractivity contribution in [2.75, 3.05) is 7.11 Å². The number of benzene rings is 1. The first-order valence-corrected chi connectivity index (χ1v) is 7.15. The average molecular weight is 336 g/mol. The molecule has 0 amide bonds. The van der Waals surface area contributed by atoms with Gasteiger partial charge in [0.05, 0.1) is 13.2 Å². The highest BCUT2D eigenvalue weighted by Crippen LogP contribution is 2.31. The predicted molar refractivity (Wildman–Crippen MR) is 77.7 cm³/mol. The van der Waals surface area contributed by atoms with Gasteiger partial charge in [-0.3, -0.25) is 4.79 Å². The van der Waals surface area contributed by atoms with Crippen LogP contribution in [0.3, 0.4) is 0 Å². The molecule has 5 heteroatoms. The van der Waals surface area contributed by atoms with Crippen molar-refractivity contribution in [2.45, 2.75) is 5.92 Å². The number of carbonyl (C=O) groups excluding carboxylic acids is 1. The van der Waals surface area contributed by atoms with Gasteiger partial charge in [0.2, 0.25) is 0 Å². The van der Waals surface area contributed by atoms with Crippen molar-refractivity contribution < 1.29 is 9.53 Å². The van der Waals surface area contributed by atoms with E-state index in [1.807, 2.05) is 12.1 Å². The summed E-state index contributed by atoms with van der Waals surface area (Å²) in [7, 11) is 1.51. The molecule has 0 spiro atoms. The van der Waals surface area contributed by atoms with E-state index in [0.717, 1.165) is 4.47 Å². The minimum atomic E-state index is -0.815. The minimum absolute atomic E-state index is 0.229. The molecule has 0 aliphatic heterocycles. The highest BCUT2D eigenvalue weighted by atomic mass is 79.9. The molecule has 1 aromatic heterocycles. The van der Waals surface area contributed by atoms with Gasteiger partial charge in [-0.2, -0.15) is 5.26 Å². The third-order valence-electron chi connectivity index (χ3n) is 2.65. The lowest BCUT2D eigenvalue weighted by molar-refractivity contribution is 0.0980. The SMILES string of the molecule is COc1ccsc1C(=O)C(C#N)c1cccc(Br)c1. The van der Waals surface area contributed by atoms with E-state index in [1.54, 1.807) is 23.6 Å². The number of ether oxygens (including phenoxy) is 1. The summed E-state index contributed by atoms with van der Waals surface area (Å²) in [6, 6.07) is 11.0. The fourth-order valence-electron chi connectivity index (χ4n) is 1.74. The van der Waals surface area contributed by atoms with Crippen LogP contribution in [-0.2, 0) is 0 Å². The van der Waals surface area contributed by atoms with Crippen molar-refractivity contribution in [1.29, 1.82) is 5.26 Å². The quantitative estimate of drug-likeness (QED) is 0.793. The van der Waals surface area contributed by atoms with E-state index in [2.05, 4.69) is 22.0 Å². The van der Waals surface area contributed by atoms with E-state index in [4.69, 9.17) is 4.74 Å². The summed E-state index contributed by atoms with van der Waals surface area (Å²) >= 11 is 4.63. The van der Waals surface area contributed by atoms with E-state index in [0.29, 0.717) is 16.2 Å². The van der Waals surface area contributed by atoms with E-state index in [1.165, 1.54) is 18.4 Å². The van der Waals surface area contributed by atoms with Gasteiger partial charge in [0.15, 0.2) is 5.78 Å². The van der Waals surface area contributed by atoms with Crippen LogP contribution in [0.15, 0.2) is 40.2 Å². The molecule has 19 heavy (non-hydrogen) atoms. The Morgan fingerprint density at radius 1 is 1.47 bits per heavy atom. The Morgan fingerprint density at radius 2 is 2.26 bits per heavy atom. The normalized spacial score (nSPS) is 11.6. The largest absolute Gasteiger partial charge is 0.495 e. The molecule has 0 bridgehead atoms. The molecule has 1 unspecified atom stereocenters. The van der Waals surface area contributed by atoms with E-state index < -0.39 is 5.92 Å². The molecule has 0 aliphatic rings. The molecule has 0 aliphatic carbocycles. The van der Waals surface area contributed by atoms with Crippen molar-refractivity contribution in [3.63, 3.8) is 0 Å². The number of rotatable bonds is 4. The van der Waals surface area contributed by atoms with Crippen LogP contribution < -0.4 is 4.74 Å². The molecule has 1 heterocycles. The van der Waals surface area contributed by atoms with Crippen molar-refractivity contribution in [2.24, 2.45) is 0 Å². The first-order valence-electron chi connectivity index (χ1n) is 5.48. The topological polar surface area (TPSA) is 50.1 Å². The van der Waals surface area contributed by atoms with Crippen LogP contribution in [0.5, 0.6) is 5.75 Å². The van der Waals surface area contributed by atoms with Gasteiger partial charge < -0.3 is 4.74 Å². The molecule has 1 aromatic carbocycles. The molecule has 2 rings (SSSR count). The van der Waals surface area contributed by atoms with Crippen molar-refractivity contribution >= 4 is 33.0 Å². The van der Waals surface area contributed by atoms with Gasteiger partial charge in [0.1, 0.15) is 16.5 Å². The summed E-state index contributed by atoms with van der Waals surface area (Å²) in [4.78, 5) is 12.9. The maximum atomic E-state index is 12.4. The zero-order valence-corrected chi connectivity index (χ0v) is 12.5. The number of nitriles is 1. The molecule has 1 atom stereocenters. The second-order valence-electron chi connectivity index (χ2n) is 3.80. The Kier molecular flexibility index (Phi) is 4.35. The van der Waals surface area contributed by atoms with Crippen LogP contribution in [0.2, 0.25) is 0 Å². The molecule has 0 fully saturated rings. The van der Waals surface area contributed by atoms with Crippen LogP contribution in [0.25, 0.3) is 0 Å². The van der Waals surface area contributed by atoms with Gasteiger partial charge in [-0.15, -0.1) is 11.3 Å². The highest BCUT2D eigenvalue weighted by Gasteiger charge is 2.25. The highest BCUT2D eigenvalue weighted by molar-refractivity contribution is 9.10. The Labute approximate surface area is 123 Å². The summed E-state index contributed by atoms with van der Waals surface area (Å²) in [5.41, 5.74) is 0.678. The smallest absolute Gasteiger partial charge is 0.198 e. The molecule has 0 saturated heterocycles. The Hall–Kier alpha value is -1.64. The molecule has 2 aromatic rings. The molecule has 0 saturated carbocycles. The summed E-state index contributed by atoms with van der Waals surface area (Å²) in [5, 5.41) is 11.1. The minimum Gasteiger partial charge on any atom is -0.495 e. The predicted octanol–water partition coefficient (Wildman–Crippen LogP) is 4.01. The van der Waals surface area contributed by atoms with Gasteiger partial charge >= 0.3 is 0 Å². The molecular formula is C14H10BrNO2S. The molecule has 0 radical (unpaired) electrons. The van der Waals surface area contributed by atoms with Crippen molar-refractivity contribution in [3.05, 3.63) is 50.6 Å². The Balaban J connectivity index is 2.38. The molecule has 0 N–H and O–H groups in total. The van der Waals surface area contributed by atoms with Crippen molar-refractivity contribution in [3.8, 4) is 11.8 Å².